The zero-order valence-electron chi connectivity index (χ0n) is 11.8. The Morgan fingerprint density at radius 2 is 2.00 bits per heavy atom. The van der Waals surface area contributed by atoms with Gasteiger partial charge in [-0.25, -0.2) is 0 Å². The molecule has 3 unspecified atom stereocenters. The first-order chi connectivity index (χ1) is 9.17. The number of allylic oxidation sites excluding steroid dienone is 2. The molecule has 98 valence electrons. The van der Waals surface area contributed by atoms with Crippen molar-refractivity contribution in [1.82, 2.24) is 0 Å². The third-order valence-electron chi connectivity index (χ3n) is 6.34. The average Bonchev–Trinajstić information content (AvgIpc) is 2.59. The van der Waals surface area contributed by atoms with E-state index in [0.717, 1.165) is 6.42 Å². The van der Waals surface area contributed by atoms with Crippen LogP contribution in [0.15, 0.2) is 42.5 Å². The third-order valence-corrected chi connectivity index (χ3v) is 6.34. The molecule has 0 amide bonds. The van der Waals surface area contributed by atoms with Gasteiger partial charge in [-0.3, -0.25) is 0 Å². The molecule has 0 heterocycles. The van der Waals surface area contributed by atoms with Gasteiger partial charge >= 0.3 is 0 Å². The molecule has 0 radical (unpaired) electrons. The lowest BCUT2D eigenvalue weighted by Gasteiger charge is -2.58. The lowest BCUT2D eigenvalue weighted by molar-refractivity contribution is 0.0207. The van der Waals surface area contributed by atoms with Crippen LogP contribution < -0.4 is 0 Å². The molecule has 0 aromatic heterocycles. The van der Waals surface area contributed by atoms with Crippen molar-refractivity contribution >= 4 is 6.08 Å². The van der Waals surface area contributed by atoms with Crippen LogP contribution >= 0.6 is 0 Å². The summed E-state index contributed by atoms with van der Waals surface area (Å²) in [4.78, 5) is 0. The molecule has 0 aliphatic heterocycles. The minimum absolute atomic E-state index is 0.394. The fourth-order valence-corrected chi connectivity index (χ4v) is 5.20. The van der Waals surface area contributed by atoms with Gasteiger partial charge in [-0.1, -0.05) is 55.5 Å². The molecule has 19 heavy (non-hydrogen) atoms. The highest BCUT2D eigenvalue weighted by molar-refractivity contribution is 5.60. The Bertz CT molecular complexity index is 579. The molecule has 0 N–H and O–H groups in total. The van der Waals surface area contributed by atoms with E-state index in [9.17, 15) is 0 Å². The van der Waals surface area contributed by atoms with E-state index < -0.39 is 0 Å². The first-order valence-electron chi connectivity index (χ1n) is 7.61. The fraction of sp³-hybridized carbons (Fsp3) is 0.474. The Morgan fingerprint density at radius 1 is 1.16 bits per heavy atom. The van der Waals surface area contributed by atoms with Crippen molar-refractivity contribution in [2.75, 3.05) is 0 Å². The van der Waals surface area contributed by atoms with Gasteiger partial charge in [0.1, 0.15) is 0 Å². The molecule has 3 aliphatic carbocycles. The molecule has 2 saturated carbocycles. The number of rotatable bonds is 0. The highest BCUT2D eigenvalue weighted by Gasteiger charge is 2.64. The van der Waals surface area contributed by atoms with Crippen LogP contribution in [0.1, 0.15) is 50.2 Å². The van der Waals surface area contributed by atoms with Gasteiger partial charge in [0.15, 0.2) is 0 Å². The zero-order valence-corrected chi connectivity index (χ0v) is 11.8. The molecule has 3 atom stereocenters. The van der Waals surface area contributed by atoms with Crippen LogP contribution in [0, 0.1) is 11.3 Å². The molecule has 0 bridgehead atoms. The Labute approximate surface area is 116 Å². The summed E-state index contributed by atoms with van der Waals surface area (Å²) in [5.41, 5.74) is 5.43. The monoisotopic (exact) mass is 250 g/mol. The van der Waals surface area contributed by atoms with E-state index in [1.54, 1.807) is 5.56 Å². The van der Waals surface area contributed by atoms with Crippen molar-refractivity contribution in [3.05, 3.63) is 53.6 Å². The van der Waals surface area contributed by atoms with Gasteiger partial charge in [0.25, 0.3) is 0 Å². The lowest BCUT2D eigenvalue weighted by atomic mass is 9.45. The summed E-state index contributed by atoms with van der Waals surface area (Å²) in [7, 11) is 0. The van der Waals surface area contributed by atoms with Crippen LogP contribution in [-0.2, 0) is 5.41 Å². The Morgan fingerprint density at radius 3 is 2.79 bits per heavy atom. The van der Waals surface area contributed by atoms with Crippen molar-refractivity contribution in [1.29, 1.82) is 0 Å². The smallest absolute Gasteiger partial charge is 0.00782 e. The zero-order chi connectivity index (χ0) is 13.1. The van der Waals surface area contributed by atoms with E-state index in [4.69, 9.17) is 0 Å². The maximum atomic E-state index is 4.42. The summed E-state index contributed by atoms with van der Waals surface area (Å²) in [6.45, 7) is 6.94. The second-order valence-electron chi connectivity index (χ2n) is 6.98. The highest BCUT2D eigenvalue weighted by Crippen LogP contribution is 2.71. The molecule has 0 nitrogen and oxygen atoms in total. The van der Waals surface area contributed by atoms with Crippen LogP contribution in [0.2, 0.25) is 0 Å². The minimum atomic E-state index is 0.394. The normalized spacial score (nSPS) is 39.6. The van der Waals surface area contributed by atoms with Crippen molar-refractivity contribution in [3.63, 3.8) is 0 Å². The van der Waals surface area contributed by atoms with Crippen LogP contribution in [0.3, 0.4) is 0 Å². The second kappa shape index (κ2) is 3.62. The van der Waals surface area contributed by atoms with Gasteiger partial charge in [-0.15, -0.1) is 0 Å². The fourth-order valence-electron chi connectivity index (χ4n) is 5.20. The molecular weight excluding hydrogens is 228 g/mol. The molecule has 0 saturated heterocycles. The molecule has 0 heteroatoms. The molecular formula is C19H22. The van der Waals surface area contributed by atoms with E-state index in [1.807, 2.05) is 0 Å². The number of fused-ring (bicyclic) bond motifs is 1. The molecule has 1 aromatic carbocycles. The molecule has 1 spiro atoms. The van der Waals surface area contributed by atoms with Crippen molar-refractivity contribution in [2.24, 2.45) is 11.3 Å². The standard InChI is InChI=1S/C19H22/c1-14-6-5-8-15-7-3-4-9-17(15)19-13-12-18(19,2)11-10-16(14)19/h3-5,7-9,16H,1,6,10-13H2,2H3. The predicted molar refractivity (Wildman–Crippen MR) is 81.0 cm³/mol. The van der Waals surface area contributed by atoms with Gasteiger partial charge in [-0.2, -0.15) is 0 Å². The lowest BCUT2D eigenvalue weighted by Crippen LogP contribution is -2.53. The quantitative estimate of drug-likeness (QED) is 0.561. The first kappa shape index (κ1) is 11.5. The molecule has 3 aliphatic rings. The average molecular weight is 250 g/mol. The van der Waals surface area contributed by atoms with E-state index in [1.165, 1.54) is 36.8 Å². The Kier molecular flexibility index (Phi) is 2.20. The van der Waals surface area contributed by atoms with Gasteiger partial charge in [0, 0.05) is 5.41 Å². The van der Waals surface area contributed by atoms with Crippen LogP contribution in [-0.4, -0.2) is 0 Å². The summed E-state index contributed by atoms with van der Waals surface area (Å²) in [5.74, 6) is 0.706. The summed E-state index contributed by atoms with van der Waals surface area (Å²) >= 11 is 0. The van der Waals surface area contributed by atoms with Crippen LogP contribution in [0.4, 0.5) is 0 Å². The molecule has 1 aromatic rings. The summed E-state index contributed by atoms with van der Waals surface area (Å²) in [5, 5.41) is 0. The number of hydrogen-bond donors (Lipinski definition) is 0. The largest absolute Gasteiger partial charge is 0.0992 e. The van der Waals surface area contributed by atoms with Gasteiger partial charge in [0.05, 0.1) is 0 Å². The van der Waals surface area contributed by atoms with E-state index in [-0.39, 0.29) is 0 Å². The summed E-state index contributed by atoms with van der Waals surface area (Å²) in [6.07, 6.45) is 11.2. The summed E-state index contributed by atoms with van der Waals surface area (Å²) < 4.78 is 0. The van der Waals surface area contributed by atoms with Gasteiger partial charge in [-0.05, 0) is 54.6 Å². The summed E-state index contributed by atoms with van der Waals surface area (Å²) in [6, 6.07) is 9.08. The van der Waals surface area contributed by atoms with Crippen LogP contribution in [0.5, 0.6) is 0 Å². The molecule has 2 fully saturated rings. The van der Waals surface area contributed by atoms with Crippen molar-refractivity contribution in [2.45, 2.75) is 44.4 Å². The van der Waals surface area contributed by atoms with Crippen molar-refractivity contribution in [3.8, 4) is 0 Å². The Balaban J connectivity index is 1.99. The highest BCUT2D eigenvalue weighted by atomic mass is 14.7. The topological polar surface area (TPSA) is 0 Å². The van der Waals surface area contributed by atoms with E-state index in [2.05, 4.69) is 49.9 Å². The third kappa shape index (κ3) is 1.25. The van der Waals surface area contributed by atoms with Gasteiger partial charge < -0.3 is 0 Å². The minimum Gasteiger partial charge on any atom is -0.0992 e. The molecule has 4 rings (SSSR count). The van der Waals surface area contributed by atoms with Crippen LogP contribution in [0.25, 0.3) is 6.08 Å². The maximum Gasteiger partial charge on any atom is 0.00782 e. The Hall–Kier alpha value is -1.30. The SMILES string of the molecule is C=C1CC=Cc2ccccc2C23CCC2(C)CCC13. The number of benzene rings is 1. The van der Waals surface area contributed by atoms with Gasteiger partial charge in [0.2, 0.25) is 0 Å². The van der Waals surface area contributed by atoms with E-state index >= 15 is 0 Å². The second-order valence-corrected chi connectivity index (χ2v) is 6.98. The van der Waals surface area contributed by atoms with E-state index in [0.29, 0.717) is 16.7 Å². The van der Waals surface area contributed by atoms with Crippen molar-refractivity contribution < 1.29 is 0 Å². The number of hydrogen-bond acceptors (Lipinski definition) is 0. The predicted octanol–water partition coefficient (Wildman–Crippen LogP) is 5.11. The first-order valence-corrected chi connectivity index (χ1v) is 7.61. The maximum absolute atomic E-state index is 4.42.